The molecule has 1 aromatic carbocycles. The number of rotatable bonds is 9. The van der Waals surface area contributed by atoms with E-state index in [0.29, 0.717) is 0 Å². The van der Waals surface area contributed by atoms with E-state index in [2.05, 4.69) is 0 Å². The number of aryl methyl sites for hydroxylation is 1. The molecule has 5 nitrogen and oxygen atoms in total. The van der Waals surface area contributed by atoms with Crippen molar-refractivity contribution in [1.29, 1.82) is 0 Å². The van der Waals surface area contributed by atoms with Gasteiger partial charge in [-0.2, -0.15) is 0 Å². The fraction of sp³-hybridized carbons (Fsp3) is 0.562. The van der Waals surface area contributed by atoms with Crippen LogP contribution in [-0.4, -0.2) is 41.8 Å². The quantitative estimate of drug-likeness (QED) is 0.684. The number of benzene rings is 1. The molecule has 0 unspecified atom stereocenters. The van der Waals surface area contributed by atoms with Crippen LogP contribution in [0.5, 0.6) is 0 Å². The molecular formula is C16H24O5. The van der Waals surface area contributed by atoms with Crippen molar-refractivity contribution in [3.8, 4) is 0 Å². The predicted octanol–water partition coefficient (Wildman–Crippen LogP) is 2.29. The summed E-state index contributed by atoms with van der Waals surface area (Å²) in [5, 5.41) is 17.7. The van der Waals surface area contributed by atoms with E-state index in [4.69, 9.17) is 19.7 Å². The van der Waals surface area contributed by atoms with Gasteiger partial charge in [0.15, 0.2) is 6.10 Å². The maximum Gasteiger partial charge on any atom is 0.508 e. The Hall–Kier alpha value is -1.59. The topological polar surface area (TPSA) is 76.0 Å². The van der Waals surface area contributed by atoms with Gasteiger partial charge in [0.05, 0.1) is 13.2 Å². The Bertz CT molecular complexity index is 389. The van der Waals surface area contributed by atoms with Crippen molar-refractivity contribution in [2.75, 3.05) is 13.2 Å². The van der Waals surface area contributed by atoms with Crippen LogP contribution in [0.15, 0.2) is 30.3 Å². The third-order valence-electron chi connectivity index (χ3n) is 3.14. The number of ether oxygens (including phenoxy) is 2. The van der Waals surface area contributed by atoms with Crippen molar-refractivity contribution in [1.82, 2.24) is 0 Å². The molecule has 2 N–H and O–H groups in total. The van der Waals surface area contributed by atoms with Gasteiger partial charge in [0.1, 0.15) is 6.10 Å². The molecule has 0 aliphatic heterocycles. The van der Waals surface area contributed by atoms with Gasteiger partial charge in [0.2, 0.25) is 0 Å². The van der Waals surface area contributed by atoms with Crippen LogP contribution in [0, 0.1) is 0 Å². The zero-order chi connectivity index (χ0) is 15.5. The summed E-state index contributed by atoms with van der Waals surface area (Å²) >= 11 is 0. The molecule has 0 radical (unpaired) electrons. The zero-order valence-electron chi connectivity index (χ0n) is 12.4. The number of hydrogen-bond acceptors (Lipinski definition) is 5. The van der Waals surface area contributed by atoms with E-state index in [1.54, 1.807) is 0 Å². The minimum absolute atomic E-state index is 0.222. The highest BCUT2D eigenvalue weighted by Crippen LogP contribution is 2.13. The van der Waals surface area contributed by atoms with E-state index in [1.165, 1.54) is 5.56 Å². The molecule has 1 atom stereocenters. The zero-order valence-corrected chi connectivity index (χ0v) is 12.4. The van der Waals surface area contributed by atoms with Crippen molar-refractivity contribution < 1.29 is 24.5 Å². The van der Waals surface area contributed by atoms with Crippen LogP contribution < -0.4 is 0 Å². The minimum Gasteiger partial charge on any atom is -0.431 e. The summed E-state index contributed by atoms with van der Waals surface area (Å²) in [7, 11) is 0. The van der Waals surface area contributed by atoms with Gasteiger partial charge >= 0.3 is 6.16 Å². The first-order chi connectivity index (χ1) is 10.2. The number of aliphatic hydroxyl groups is 2. The largest absolute Gasteiger partial charge is 0.508 e. The van der Waals surface area contributed by atoms with Crippen molar-refractivity contribution in [3.05, 3.63) is 35.9 Å². The molecule has 5 heteroatoms. The number of aliphatic hydroxyl groups excluding tert-OH is 2. The van der Waals surface area contributed by atoms with Crippen LogP contribution in [-0.2, 0) is 15.9 Å². The number of carbonyl (C=O) groups excluding carboxylic acids is 1. The fourth-order valence-corrected chi connectivity index (χ4v) is 1.99. The minimum atomic E-state index is -0.922. The van der Waals surface area contributed by atoms with E-state index >= 15 is 0 Å². The Balaban J connectivity index is 2.43. The second-order valence-corrected chi connectivity index (χ2v) is 4.91. The lowest BCUT2D eigenvalue weighted by Crippen LogP contribution is -2.28. The van der Waals surface area contributed by atoms with Gasteiger partial charge in [-0.25, -0.2) is 4.79 Å². The molecule has 0 fully saturated rings. The van der Waals surface area contributed by atoms with Crippen molar-refractivity contribution in [2.45, 2.75) is 44.8 Å². The van der Waals surface area contributed by atoms with E-state index in [-0.39, 0.29) is 6.10 Å². The first-order valence-corrected chi connectivity index (χ1v) is 7.32. The molecule has 0 heterocycles. The Labute approximate surface area is 125 Å². The summed E-state index contributed by atoms with van der Waals surface area (Å²) < 4.78 is 10.1. The summed E-state index contributed by atoms with van der Waals surface area (Å²) in [5.41, 5.74) is 1.19. The molecule has 21 heavy (non-hydrogen) atoms. The van der Waals surface area contributed by atoms with Gasteiger partial charge in [-0.3, -0.25) is 0 Å². The summed E-state index contributed by atoms with van der Waals surface area (Å²) in [6.07, 6.45) is 1.21. The standard InChI is InChI=1S/C16H24O5/c1-2-6-14(10-9-13-7-4-3-5-8-13)20-16(19)21-15(11-17)12-18/h3-5,7-8,14-15,17-18H,2,6,9-12H2,1H3/t14-/m1/s1. The Morgan fingerprint density at radius 3 is 2.24 bits per heavy atom. The Kier molecular flexibility index (Phi) is 8.47. The van der Waals surface area contributed by atoms with E-state index in [1.807, 2.05) is 37.3 Å². The van der Waals surface area contributed by atoms with Gasteiger partial charge in [-0.05, 0) is 24.8 Å². The molecule has 0 spiro atoms. The molecule has 1 rings (SSSR count). The van der Waals surface area contributed by atoms with Crippen LogP contribution in [0.2, 0.25) is 0 Å². The molecule has 0 aliphatic carbocycles. The van der Waals surface area contributed by atoms with Crippen LogP contribution in [0.25, 0.3) is 0 Å². The average molecular weight is 296 g/mol. The van der Waals surface area contributed by atoms with Gasteiger partial charge in [0, 0.05) is 0 Å². The maximum absolute atomic E-state index is 11.6. The number of hydrogen-bond donors (Lipinski definition) is 2. The van der Waals surface area contributed by atoms with E-state index in [9.17, 15) is 4.79 Å². The van der Waals surface area contributed by atoms with Crippen LogP contribution in [0.3, 0.4) is 0 Å². The monoisotopic (exact) mass is 296 g/mol. The Morgan fingerprint density at radius 1 is 1.05 bits per heavy atom. The number of carbonyl (C=O) groups is 1. The van der Waals surface area contributed by atoms with Gasteiger partial charge in [0.25, 0.3) is 0 Å². The average Bonchev–Trinajstić information content (AvgIpc) is 2.51. The van der Waals surface area contributed by atoms with E-state index in [0.717, 1.165) is 25.7 Å². The van der Waals surface area contributed by atoms with Crippen molar-refractivity contribution >= 4 is 6.16 Å². The molecule has 1 aromatic rings. The molecule has 118 valence electrons. The first-order valence-electron chi connectivity index (χ1n) is 7.32. The van der Waals surface area contributed by atoms with Crippen molar-refractivity contribution in [3.63, 3.8) is 0 Å². The van der Waals surface area contributed by atoms with Crippen LogP contribution in [0.1, 0.15) is 31.7 Å². The third kappa shape index (κ3) is 7.11. The predicted molar refractivity (Wildman–Crippen MR) is 79.0 cm³/mol. The maximum atomic E-state index is 11.6. The molecule has 0 amide bonds. The third-order valence-corrected chi connectivity index (χ3v) is 3.14. The molecule has 0 aliphatic rings. The van der Waals surface area contributed by atoms with Gasteiger partial charge < -0.3 is 19.7 Å². The highest BCUT2D eigenvalue weighted by molar-refractivity contribution is 5.60. The molecule has 0 aromatic heterocycles. The van der Waals surface area contributed by atoms with Crippen LogP contribution in [0.4, 0.5) is 4.79 Å². The molecular weight excluding hydrogens is 272 g/mol. The summed E-state index contributed by atoms with van der Waals surface area (Å²) in [5.74, 6) is 0. The smallest absolute Gasteiger partial charge is 0.431 e. The first kappa shape index (κ1) is 17.5. The lowest BCUT2D eigenvalue weighted by Gasteiger charge is -2.19. The Morgan fingerprint density at radius 2 is 1.67 bits per heavy atom. The normalized spacial score (nSPS) is 12.2. The molecule has 0 bridgehead atoms. The molecule has 0 saturated carbocycles. The van der Waals surface area contributed by atoms with Crippen molar-refractivity contribution in [2.24, 2.45) is 0 Å². The SMILES string of the molecule is CCC[C@H](CCc1ccccc1)OC(=O)OC(CO)CO. The van der Waals surface area contributed by atoms with Gasteiger partial charge in [-0.15, -0.1) is 0 Å². The lowest BCUT2D eigenvalue weighted by molar-refractivity contribution is -0.0362. The highest BCUT2D eigenvalue weighted by atomic mass is 16.7. The molecule has 0 saturated heterocycles. The lowest BCUT2D eigenvalue weighted by atomic mass is 10.0. The highest BCUT2D eigenvalue weighted by Gasteiger charge is 2.18. The summed E-state index contributed by atoms with van der Waals surface area (Å²) in [6.45, 7) is 1.18. The summed E-state index contributed by atoms with van der Waals surface area (Å²) in [4.78, 5) is 11.6. The fourth-order valence-electron chi connectivity index (χ4n) is 1.99. The van der Waals surface area contributed by atoms with E-state index < -0.39 is 25.5 Å². The second-order valence-electron chi connectivity index (χ2n) is 4.91. The van der Waals surface area contributed by atoms with Gasteiger partial charge in [-0.1, -0.05) is 43.7 Å². The van der Waals surface area contributed by atoms with Crippen LogP contribution >= 0.6 is 0 Å². The second kappa shape index (κ2) is 10.2. The summed E-state index contributed by atoms with van der Waals surface area (Å²) in [6, 6.07) is 9.99.